The van der Waals surface area contributed by atoms with Crippen LogP contribution in [0.3, 0.4) is 0 Å². The highest BCUT2D eigenvalue weighted by Gasteiger charge is 2.15. The zero-order chi connectivity index (χ0) is 13.1. The van der Waals surface area contributed by atoms with Crippen molar-refractivity contribution in [2.24, 2.45) is 5.73 Å². The lowest BCUT2D eigenvalue weighted by atomic mass is 10.2. The van der Waals surface area contributed by atoms with Gasteiger partial charge in [-0.1, -0.05) is 0 Å². The van der Waals surface area contributed by atoms with Crippen molar-refractivity contribution in [1.82, 2.24) is 20.1 Å². The van der Waals surface area contributed by atoms with E-state index in [0.29, 0.717) is 11.3 Å². The minimum atomic E-state index is -0.444. The number of rotatable bonds is 2. The number of carbonyl (C=O) groups excluding carboxylic acids is 1. The Morgan fingerprint density at radius 2 is 2.05 bits per heavy atom. The molecule has 0 saturated heterocycles. The predicted octanol–water partition coefficient (Wildman–Crippen LogP) is 0.621. The van der Waals surface area contributed by atoms with Crippen molar-refractivity contribution in [3.05, 3.63) is 42.0 Å². The van der Waals surface area contributed by atoms with Crippen LogP contribution in [0, 0.1) is 12.3 Å². The Bertz CT molecular complexity index is 594. The lowest BCUT2D eigenvalue weighted by molar-refractivity contribution is 0.0976. The number of aromatic nitrogens is 3. The van der Waals surface area contributed by atoms with E-state index in [-0.39, 0.29) is 12.4 Å². The van der Waals surface area contributed by atoms with Gasteiger partial charge in [0.25, 0.3) is 5.91 Å². The molecule has 7 nitrogen and oxygen atoms in total. The summed E-state index contributed by atoms with van der Waals surface area (Å²) < 4.78 is 1.62. The summed E-state index contributed by atoms with van der Waals surface area (Å²) >= 11 is 0. The van der Waals surface area contributed by atoms with Crippen LogP contribution in [0.5, 0.6) is 0 Å². The SMILES string of the molecule is Cc1c(C(=O)NC(=N)N)cnn1-c1ccncc1.Cl. The van der Waals surface area contributed by atoms with Gasteiger partial charge in [-0.05, 0) is 19.1 Å². The number of nitrogens with zero attached hydrogens (tertiary/aromatic N) is 3. The Morgan fingerprint density at radius 1 is 1.42 bits per heavy atom. The standard InChI is InChI=1S/C11H12N6O.ClH/c1-7-9(10(18)16-11(12)13)6-15-17(7)8-2-4-14-5-3-8;/h2-6H,1H3,(H4,12,13,16,18);1H. The Labute approximate surface area is 115 Å². The van der Waals surface area contributed by atoms with Crippen LogP contribution in [0.15, 0.2) is 30.7 Å². The first kappa shape index (κ1) is 14.7. The number of hydrogen-bond acceptors (Lipinski definition) is 4. The van der Waals surface area contributed by atoms with Crippen molar-refractivity contribution >= 4 is 24.3 Å². The summed E-state index contributed by atoms with van der Waals surface area (Å²) in [6.07, 6.45) is 4.73. The molecule has 0 aromatic carbocycles. The van der Waals surface area contributed by atoms with Gasteiger partial charge in [-0.25, -0.2) is 4.68 Å². The van der Waals surface area contributed by atoms with E-state index in [1.807, 2.05) is 0 Å². The summed E-state index contributed by atoms with van der Waals surface area (Å²) in [4.78, 5) is 15.6. The molecule has 8 heteroatoms. The van der Waals surface area contributed by atoms with E-state index in [1.165, 1.54) is 6.20 Å². The first-order chi connectivity index (χ1) is 8.59. The van der Waals surface area contributed by atoms with Crippen molar-refractivity contribution in [3.63, 3.8) is 0 Å². The molecule has 100 valence electrons. The Balaban J connectivity index is 0.00000180. The molecule has 2 rings (SSSR count). The van der Waals surface area contributed by atoms with Crippen LogP contribution in [0.1, 0.15) is 16.1 Å². The molecule has 2 aromatic rings. The lowest BCUT2D eigenvalue weighted by Crippen LogP contribution is -2.35. The van der Waals surface area contributed by atoms with Crippen LogP contribution in [0.25, 0.3) is 5.69 Å². The molecule has 0 spiro atoms. The quantitative estimate of drug-likeness (QED) is 0.553. The van der Waals surface area contributed by atoms with Gasteiger partial charge in [0.05, 0.1) is 23.1 Å². The fraction of sp³-hybridized carbons (Fsp3) is 0.0909. The van der Waals surface area contributed by atoms with E-state index >= 15 is 0 Å². The summed E-state index contributed by atoms with van der Waals surface area (Å²) in [5.41, 5.74) is 6.97. The van der Waals surface area contributed by atoms with Gasteiger partial charge in [-0.2, -0.15) is 5.10 Å². The molecule has 0 bridgehead atoms. The fourth-order valence-electron chi connectivity index (χ4n) is 1.57. The van der Waals surface area contributed by atoms with Crippen molar-refractivity contribution in [2.75, 3.05) is 0 Å². The van der Waals surface area contributed by atoms with E-state index in [9.17, 15) is 4.79 Å². The first-order valence-corrected chi connectivity index (χ1v) is 5.20. The lowest BCUT2D eigenvalue weighted by Gasteiger charge is -2.05. The average molecular weight is 281 g/mol. The minimum Gasteiger partial charge on any atom is -0.370 e. The number of hydrogen-bond donors (Lipinski definition) is 3. The van der Waals surface area contributed by atoms with Crippen LogP contribution in [0.2, 0.25) is 0 Å². The molecular weight excluding hydrogens is 268 g/mol. The second-order valence-corrected chi connectivity index (χ2v) is 3.63. The molecule has 0 aliphatic heterocycles. The molecule has 19 heavy (non-hydrogen) atoms. The van der Waals surface area contributed by atoms with E-state index in [1.54, 1.807) is 36.1 Å². The average Bonchev–Trinajstić information content (AvgIpc) is 2.71. The maximum atomic E-state index is 11.7. The summed E-state index contributed by atoms with van der Waals surface area (Å²) in [5.74, 6) is -0.837. The van der Waals surface area contributed by atoms with Crippen molar-refractivity contribution in [3.8, 4) is 5.69 Å². The van der Waals surface area contributed by atoms with Gasteiger partial charge >= 0.3 is 0 Å². The zero-order valence-corrected chi connectivity index (χ0v) is 10.9. The number of pyridine rings is 1. The number of halogens is 1. The number of nitrogens with one attached hydrogen (secondary N) is 2. The molecule has 2 aromatic heterocycles. The van der Waals surface area contributed by atoms with Gasteiger partial charge in [0, 0.05) is 12.4 Å². The topological polar surface area (TPSA) is 110 Å². The Kier molecular flexibility index (Phi) is 4.60. The zero-order valence-electron chi connectivity index (χ0n) is 10.1. The van der Waals surface area contributed by atoms with E-state index < -0.39 is 11.9 Å². The van der Waals surface area contributed by atoms with Crippen LogP contribution >= 0.6 is 12.4 Å². The summed E-state index contributed by atoms with van der Waals surface area (Å²) in [6.45, 7) is 1.77. The summed E-state index contributed by atoms with van der Waals surface area (Å²) in [7, 11) is 0. The third-order valence-corrected chi connectivity index (χ3v) is 2.41. The molecule has 1 amide bonds. The fourth-order valence-corrected chi connectivity index (χ4v) is 1.57. The van der Waals surface area contributed by atoms with E-state index in [0.717, 1.165) is 5.69 Å². The molecule has 0 fully saturated rings. The van der Waals surface area contributed by atoms with Gasteiger partial charge in [0.15, 0.2) is 5.96 Å². The maximum absolute atomic E-state index is 11.7. The second kappa shape index (κ2) is 5.96. The molecule has 2 heterocycles. The number of nitrogens with two attached hydrogens (primary N) is 1. The van der Waals surface area contributed by atoms with Crippen molar-refractivity contribution < 1.29 is 4.79 Å². The van der Waals surface area contributed by atoms with Crippen molar-refractivity contribution in [2.45, 2.75) is 6.92 Å². The normalized spacial score (nSPS) is 9.53. The van der Waals surface area contributed by atoms with Gasteiger partial charge in [0.2, 0.25) is 0 Å². The summed E-state index contributed by atoms with van der Waals surface area (Å²) in [6, 6.07) is 3.57. The van der Waals surface area contributed by atoms with Gasteiger partial charge in [-0.15, -0.1) is 12.4 Å². The van der Waals surface area contributed by atoms with Crippen LogP contribution in [-0.4, -0.2) is 26.6 Å². The molecule has 0 atom stereocenters. The monoisotopic (exact) mass is 280 g/mol. The molecular formula is C11H13ClN6O. The molecule has 0 saturated carbocycles. The number of carbonyl (C=O) groups is 1. The Morgan fingerprint density at radius 3 is 2.63 bits per heavy atom. The van der Waals surface area contributed by atoms with Gasteiger partial charge < -0.3 is 5.73 Å². The first-order valence-electron chi connectivity index (χ1n) is 5.20. The highest BCUT2D eigenvalue weighted by Crippen LogP contribution is 2.12. The highest BCUT2D eigenvalue weighted by molar-refractivity contribution is 6.04. The maximum Gasteiger partial charge on any atom is 0.261 e. The third-order valence-electron chi connectivity index (χ3n) is 2.41. The van der Waals surface area contributed by atoms with Gasteiger partial charge in [0.1, 0.15) is 0 Å². The van der Waals surface area contributed by atoms with Crippen molar-refractivity contribution in [1.29, 1.82) is 5.41 Å². The highest BCUT2D eigenvalue weighted by atomic mass is 35.5. The predicted molar refractivity (Wildman–Crippen MR) is 72.7 cm³/mol. The third kappa shape index (κ3) is 3.08. The molecule has 4 N–H and O–H groups in total. The molecule has 0 aliphatic rings. The summed E-state index contributed by atoms with van der Waals surface area (Å²) in [5, 5.41) is 13.4. The van der Waals surface area contributed by atoms with Gasteiger partial charge in [-0.3, -0.25) is 20.5 Å². The number of amides is 1. The van der Waals surface area contributed by atoms with Crippen LogP contribution < -0.4 is 11.1 Å². The van der Waals surface area contributed by atoms with E-state index in [4.69, 9.17) is 11.1 Å². The smallest absolute Gasteiger partial charge is 0.261 e. The number of guanidine groups is 1. The Hall–Kier alpha value is -2.41. The van der Waals surface area contributed by atoms with Crippen LogP contribution in [-0.2, 0) is 0 Å². The largest absolute Gasteiger partial charge is 0.370 e. The van der Waals surface area contributed by atoms with Crippen LogP contribution in [0.4, 0.5) is 0 Å². The van der Waals surface area contributed by atoms with E-state index in [2.05, 4.69) is 15.4 Å². The molecule has 0 aliphatic carbocycles. The second-order valence-electron chi connectivity index (χ2n) is 3.63. The molecule has 0 unspecified atom stereocenters. The molecule has 0 radical (unpaired) electrons. The minimum absolute atomic E-state index is 0.